The van der Waals surface area contributed by atoms with Gasteiger partial charge in [0.05, 0.1) is 5.60 Å². The number of aliphatic hydroxyl groups is 1. The second kappa shape index (κ2) is 5.75. The third kappa shape index (κ3) is 4.00. The Morgan fingerprint density at radius 3 is 2.07 bits per heavy atom. The normalized spacial score (nSPS) is 30.6. The highest BCUT2D eigenvalue weighted by molar-refractivity contribution is 5.00. The van der Waals surface area contributed by atoms with E-state index in [-0.39, 0.29) is 5.60 Å². The highest BCUT2D eigenvalue weighted by Crippen LogP contribution is 2.46. The zero-order valence-corrected chi connectivity index (χ0v) is 9.89. The van der Waals surface area contributed by atoms with Crippen molar-refractivity contribution < 1.29 is 5.11 Å². The summed E-state index contributed by atoms with van der Waals surface area (Å²) in [5.41, 5.74) is -0.247. The van der Waals surface area contributed by atoms with Gasteiger partial charge < -0.3 is 5.11 Å². The molecule has 1 nitrogen and oxygen atoms in total. The molecule has 0 saturated heterocycles. The molecule has 84 valence electrons. The molecule has 14 heavy (non-hydrogen) atoms. The van der Waals surface area contributed by atoms with Gasteiger partial charge in [-0.2, -0.15) is 0 Å². The maximum Gasteiger partial charge on any atom is 0.0677 e. The SMILES string of the molecule is CCCCCCCCCC1(O)CC1C. The van der Waals surface area contributed by atoms with Crippen LogP contribution in [0.4, 0.5) is 0 Å². The van der Waals surface area contributed by atoms with Crippen molar-refractivity contribution in [3.63, 3.8) is 0 Å². The molecule has 0 spiro atoms. The van der Waals surface area contributed by atoms with Gasteiger partial charge in [0.15, 0.2) is 0 Å². The molecular weight excluding hydrogens is 172 g/mol. The van der Waals surface area contributed by atoms with Gasteiger partial charge in [-0.15, -0.1) is 0 Å². The van der Waals surface area contributed by atoms with E-state index in [1.165, 1.54) is 44.9 Å². The first kappa shape index (κ1) is 12.0. The molecule has 0 aromatic rings. The maximum atomic E-state index is 9.84. The van der Waals surface area contributed by atoms with E-state index in [1.54, 1.807) is 0 Å². The fourth-order valence-corrected chi connectivity index (χ4v) is 2.21. The van der Waals surface area contributed by atoms with Crippen molar-refractivity contribution in [1.82, 2.24) is 0 Å². The molecule has 0 radical (unpaired) electrons. The molecule has 2 atom stereocenters. The average molecular weight is 198 g/mol. The standard InChI is InChI=1S/C13H26O/c1-3-4-5-6-7-8-9-10-13(14)11-12(13)2/h12,14H,3-11H2,1-2H3. The second-order valence-corrected chi connectivity index (χ2v) is 5.08. The molecule has 0 heterocycles. The molecule has 1 aliphatic carbocycles. The summed E-state index contributed by atoms with van der Waals surface area (Å²) >= 11 is 0. The smallest absolute Gasteiger partial charge is 0.0677 e. The maximum absolute atomic E-state index is 9.84. The predicted molar refractivity (Wildman–Crippen MR) is 61.3 cm³/mol. The lowest BCUT2D eigenvalue weighted by molar-refractivity contribution is 0.120. The summed E-state index contributed by atoms with van der Waals surface area (Å²) < 4.78 is 0. The first-order chi connectivity index (χ1) is 6.69. The van der Waals surface area contributed by atoms with Crippen LogP contribution in [0.5, 0.6) is 0 Å². The lowest BCUT2D eigenvalue weighted by atomic mass is 10.0. The fraction of sp³-hybridized carbons (Fsp3) is 1.00. The number of hydrogen-bond donors (Lipinski definition) is 1. The van der Waals surface area contributed by atoms with Crippen molar-refractivity contribution in [3.05, 3.63) is 0 Å². The van der Waals surface area contributed by atoms with Gasteiger partial charge in [0.1, 0.15) is 0 Å². The molecule has 1 fully saturated rings. The van der Waals surface area contributed by atoms with Crippen LogP contribution in [0.25, 0.3) is 0 Å². The van der Waals surface area contributed by atoms with Crippen molar-refractivity contribution in [3.8, 4) is 0 Å². The minimum Gasteiger partial charge on any atom is -0.390 e. The van der Waals surface area contributed by atoms with Crippen molar-refractivity contribution in [2.45, 2.75) is 77.2 Å². The zero-order chi connectivity index (χ0) is 10.4. The van der Waals surface area contributed by atoms with E-state index in [4.69, 9.17) is 0 Å². The van der Waals surface area contributed by atoms with Crippen molar-refractivity contribution in [2.75, 3.05) is 0 Å². The average Bonchev–Trinajstić information content (AvgIpc) is 2.73. The Morgan fingerprint density at radius 1 is 1.07 bits per heavy atom. The lowest BCUT2D eigenvalue weighted by Gasteiger charge is -2.08. The van der Waals surface area contributed by atoms with Gasteiger partial charge in [-0.05, 0) is 18.8 Å². The molecule has 1 heteroatoms. The molecule has 0 aromatic carbocycles. The van der Waals surface area contributed by atoms with Crippen LogP contribution in [0.1, 0.15) is 71.6 Å². The minimum atomic E-state index is -0.247. The van der Waals surface area contributed by atoms with E-state index in [0.717, 1.165) is 12.8 Å². The quantitative estimate of drug-likeness (QED) is 0.586. The van der Waals surface area contributed by atoms with Gasteiger partial charge in [0, 0.05) is 0 Å². The van der Waals surface area contributed by atoms with Gasteiger partial charge in [0.2, 0.25) is 0 Å². The highest BCUT2D eigenvalue weighted by atomic mass is 16.3. The van der Waals surface area contributed by atoms with Crippen LogP contribution in [0.15, 0.2) is 0 Å². The topological polar surface area (TPSA) is 20.2 Å². The molecule has 0 aromatic heterocycles. The summed E-state index contributed by atoms with van der Waals surface area (Å²) in [4.78, 5) is 0. The van der Waals surface area contributed by atoms with Crippen LogP contribution in [0.3, 0.4) is 0 Å². The molecule has 1 N–H and O–H groups in total. The van der Waals surface area contributed by atoms with E-state index >= 15 is 0 Å². The first-order valence-corrected chi connectivity index (χ1v) is 6.41. The fourth-order valence-electron chi connectivity index (χ4n) is 2.21. The predicted octanol–water partition coefficient (Wildman–Crippen LogP) is 3.90. The summed E-state index contributed by atoms with van der Waals surface area (Å²) in [6, 6.07) is 0. The minimum absolute atomic E-state index is 0.247. The third-order valence-corrected chi connectivity index (χ3v) is 3.63. The van der Waals surface area contributed by atoms with Gasteiger partial charge in [-0.25, -0.2) is 0 Å². The van der Waals surface area contributed by atoms with E-state index in [2.05, 4.69) is 13.8 Å². The Morgan fingerprint density at radius 2 is 1.57 bits per heavy atom. The molecular formula is C13H26O. The van der Waals surface area contributed by atoms with Crippen LogP contribution in [0.2, 0.25) is 0 Å². The van der Waals surface area contributed by atoms with Crippen LogP contribution in [0, 0.1) is 5.92 Å². The Labute approximate surface area is 88.9 Å². The van der Waals surface area contributed by atoms with Crippen LogP contribution >= 0.6 is 0 Å². The highest BCUT2D eigenvalue weighted by Gasteiger charge is 2.48. The van der Waals surface area contributed by atoms with E-state index < -0.39 is 0 Å². The van der Waals surface area contributed by atoms with Crippen LogP contribution in [-0.4, -0.2) is 10.7 Å². The van der Waals surface area contributed by atoms with Gasteiger partial charge in [-0.3, -0.25) is 0 Å². The molecule has 2 unspecified atom stereocenters. The largest absolute Gasteiger partial charge is 0.390 e. The van der Waals surface area contributed by atoms with Crippen molar-refractivity contribution in [1.29, 1.82) is 0 Å². The van der Waals surface area contributed by atoms with Crippen LogP contribution < -0.4 is 0 Å². The molecule has 0 amide bonds. The Kier molecular flexibility index (Phi) is 4.94. The summed E-state index contributed by atoms with van der Waals surface area (Å²) in [5.74, 6) is 0.572. The number of rotatable bonds is 8. The third-order valence-electron chi connectivity index (χ3n) is 3.63. The van der Waals surface area contributed by atoms with Crippen LogP contribution in [-0.2, 0) is 0 Å². The molecule has 1 rings (SSSR count). The molecule has 1 aliphatic rings. The summed E-state index contributed by atoms with van der Waals surface area (Å²) in [6.45, 7) is 4.41. The Bertz CT molecular complexity index is 155. The van der Waals surface area contributed by atoms with Gasteiger partial charge >= 0.3 is 0 Å². The molecule has 1 saturated carbocycles. The van der Waals surface area contributed by atoms with E-state index in [9.17, 15) is 5.11 Å². The molecule has 0 bridgehead atoms. The summed E-state index contributed by atoms with van der Waals surface area (Å²) in [7, 11) is 0. The lowest BCUT2D eigenvalue weighted by Crippen LogP contribution is -2.09. The van der Waals surface area contributed by atoms with Gasteiger partial charge in [-0.1, -0.05) is 58.8 Å². The second-order valence-electron chi connectivity index (χ2n) is 5.08. The summed E-state index contributed by atoms with van der Waals surface area (Å²) in [5, 5.41) is 9.84. The van der Waals surface area contributed by atoms with E-state index in [0.29, 0.717) is 5.92 Å². The van der Waals surface area contributed by atoms with E-state index in [1.807, 2.05) is 0 Å². The summed E-state index contributed by atoms with van der Waals surface area (Å²) in [6.07, 6.45) is 11.5. The van der Waals surface area contributed by atoms with Crippen molar-refractivity contribution in [2.24, 2.45) is 5.92 Å². The van der Waals surface area contributed by atoms with Crippen molar-refractivity contribution >= 4 is 0 Å². The molecule has 0 aliphatic heterocycles. The Hall–Kier alpha value is -0.0400. The Balaban J connectivity index is 1.81. The number of unbranched alkanes of at least 4 members (excludes halogenated alkanes) is 6. The first-order valence-electron chi connectivity index (χ1n) is 6.41. The zero-order valence-electron chi connectivity index (χ0n) is 9.89. The monoisotopic (exact) mass is 198 g/mol. The number of hydrogen-bond acceptors (Lipinski definition) is 1. The van der Waals surface area contributed by atoms with Gasteiger partial charge in [0.25, 0.3) is 0 Å².